The molecule has 5 nitrogen and oxygen atoms in total. The highest BCUT2D eigenvalue weighted by Gasteiger charge is 2.21. The molecule has 0 fully saturated rings. The van der Waals surface area contributed by atoms with E-state index in [0.29, 0.717) is 13.1 Å². The van der Waals surface area contributed by atoms with Gasteiger partial charge in [0.05, 0.1) is 20.2 Å². The van der Waals surface area contributed by atoms with E-state index in [4.69, 9.17) is 4.74 Å². The van der Waals surface area contributed by atoms with E-state index in [1.807, 2.05) is 18.2 Å². The van der Waals surface area contributed by atoms with Gasteiger partial charge in [-0.25, -0.2) is 0 Å². The number of nitrogens with one attached hydrogen (secondary N) is 1. The molecule has 0 aliphatic carbocycles. The molecule has 160 valence electrons. The molecule has 1 aliphatic heterocycles. The Kier molecular flexibility index (Phi) is 7.41. The first-order chi connectivity index (χ1) is 14.5. The quantitative estimate of drug-likeness (QED) is 0.718. The van der Waals surface area contributed by atoms with Crippen LogP contribution in [0.1, 0.15) is 17.5 Å². The molecule has 1 unspecified atom stereocenters. The average Bonchev–Trinajstić information content (AvgIpc) is 2.75. The van der Waals surface area contributed by atoms with Crippen LogP contribution in [0.4, 0.5) is 8.78 Å². The van der Waals surface area contributed by atoms with Crippen molar-refractivity contribution in [3.8, 4) is 11.5 Å². The van der Waals surface area contributed by atoms with E-state index < -0.39 is 6.61 Å². The molecule has 0 saturated carbocycles. The van der Waals surface area contributed by atoms with Crippen LogP contribution < -0.4 is 14.4 Å². The Morgan fingerprint density at radius 1 is 1.17 bits per heavy atom. The Labute approximate surface area is 175 Å². The molecule has 2 aromatic carbocycles. The van der Waals surface area contributed by atoms with Gasteiger partial charge in [-0.2, -0.15) is 8.78 Å². The van der Waals surface area contributed by atoms with Crippen LogP contribution in [0, 0.1) is 0 Å². The summed E-state index contributed by atoms with van der Waals surface area (Å²) in [6, 6.07) is 15.0. The van der Waals surface area contributed by atoms with Crippen molar-refractivity contribution in [2.75, 3.05) is 33.8 Å². The van der Waals surface area contributed by atoms with Gasteiger partial charge in [0.2, 0.25) is 0 Å². The summed E-state index contributed by atoms with van der Waals surface area (Å²) in [5, 5.41) is 0. The molecule has 0 aromatic heterocycles. The van der Waals surface area contributed by atoms with Gasteiger partial charge >= 0.3 is 6.61 Å². The summed E-state index contributed by atoms with van der Waals surface area (Å²) in [5.74, 6) is 0.228. The number of amides is 1. The molecule has 30 heavy (non-hydrogen) atoms. The number of carbonyl (C=O) groups is 1. The number of nitrogens with zero attached hydrogens (tertiary/aromatic N) is 1. The molecule has 2 aromatic rings. The molecule has 3 rings (SSSR count). The smallest absolute Gasteiger partial charge is 0.387 e. The molecule has 1 N–H and O–H groups in total. The number of quaternary nitrogens is 1. The predicted molar refractivity (Wildman–Crippen MR) is 111 cm³/mol. The van der Waals surface area contributed by atoms with Gasteiger partial charge in [0.15, 0.2) is 18.0 Å². The maximum absolute atomic E-state index is 12.7. The third kappa shape index (κ3) is 5.79. The highest BCUT2D eigenvalue weighted by atomic mass is 19.3. The minimum absolute atomic E-state index is 0.0241. The maximum Gasteiger partial charge on any atom is 0.387 e. The molecule has 1 aliphatic rings. The third-order valence-electron chi connectivity index (χ3n) is 5.22. The minimum atomic E-state index is -2.92. The van der Waals surface area contributed by atoms with E-state index in [1.165, 1.54) is 29.2 Å². The predicted octanol–water partition coefficient (Wildman–Crippen LogP) is 2.63. The zero-order valence-electron chi connectivity index (χ0n) is 17.2. The second-order valence-electron chi connectivity index (χ2n) is 7.34. The van der Waals surface area contributed by atoms with Gasteiger partial charge in [0.1, 0.15) is 0 Å². The van der Waals surface area contributed by atoms with Crippen molar-refractivity contribution in [1.29, 1.82) is 0 Å². The number of methoxy groups -OCH3 is 1. The summed E-state index contributed by atoms with van der Waals surface area (Å²) in [5.41, 5.74) is 3.36. The van der Waals surface area contributed by atoms with E-state index in [9.17, 15) is 13.6 Å². The van der Waals surface area contributed by atoms with Crippen LogP contribution in [0.5, 0.6) is 11.5 Å². The van der Waals surface area contributed by atoms with E-state index in [0.717, 1.165) is 25.1 Å². The first-order valence-electron chi connectivity index (χ1n) is 9.90. The van der Waals surface area contributed by atoms with Crippen LogP contribution in [-0.4, -0.2) is 51.2 Å². The van der Waals surface area contributed by atoms with E-state index in [1.54, 1.807) is 24.1 Å². The number of likely N-dealkylation sites (N-methyl/N-ethyl adjacent to an activating group) is 1. The lowest BCUT2D eigenvalue weighted by Crippen LogP contribution is -3.13. The fourth-order valence-corrected chi connectivity index (χ4v) is 3.57. The van der Waals surface area contributed by atoms with Crippen molar-refractivity contribution in [1.82, 2.24) is 4.90 Å². The van der Waals surface area contributed by atoms with Crippen molar-refractivity contribution >= 4 is 11.5 Å². The minimum Gasteiger partial charge on any atom is -0.493 e. The Hall–Kier alpha value is -2.93. The first kappa shape index (κ1) is 21.8. The van der Waals surface area contributed by atoms with Crippen LogP contribution in [0.2, 0.25) is 0 Å². The Morgan fingerprint density at radius 3 is 2.57 bits per heavy atom. The van der Waals surface area contributed by atoms with E-state index in [-0.39, 0.29) is 17.4 Å². The highest BCUT2D eigenvalue weighted by Crippen LogP contribution is 2.29. The van der Waals surface area contributed by atoms with E-state index in [2.05, 4.69) is 22.9 Å². The zero-order valence-corrected chi connectivity index (χ0v) is 17.2. The Bertz CT molecular complexity index is 887. The number of carbonyl (C=O) groups excluding carboxylic acids is 1. The number of halogens is 2. The average molecular weight is 417 g/mol. The third-order valence-corrected chi connectivity index (χ3v) is 5.22. The normalized spacial score (nSPS) is 16.2. The van der Waals surface area contributed by atoms with Gasteiger partial charge in [-0.15, -0.1) is 0 Å². The fraction of sp³-hybridized carbons (Fsp3) is 0.348. The second-order valence-corrected chi connectivity index (χ2v) is 7.34. The van der Waals surface area contributed by atoms with Gasteiger partial charge in [0.25, 0.3) is 5.91 Å². The van der Waals surface area contributed by atoms with Gasteiger partial charge in [-0.1, -0.05) is 36.4 Å². The first-order valence-corrected chi connectivity index (χ1v) is 9.90. The van der Waals surface area contributed by atoms with E-state index >= 15 is 0 Å². The zero-order chi connectivity index (χ0) is 21.5. The van der Waals surface area contributed by atoms with Crippen molar-refractivity contribution < 1.29 is 27.9 Å². The monoisotopic (exact) mass is 417 g/mol. The van der Waals surface area contributed by atoms with Crippen LogP contribution in [0.25, 0.3) is 5.57 Å². The Balaban J connectivity index is 1.54. The molecular weight excluding hydrogens is 390 g/mol. The lowest BCUT2D eigenvalue weighted by molar-refractivity contribution is -0.887. The van der Waals surface area contributed by atoms with Crippen molar-refractivity contribution in [2.45, 2.75) is 19.6 Å². The topological polar surface area (TPSA) is 43.2 Å². The second kappa shape index (κ2) is 10.2. The summed E-state index contributed by atoms with van der Waals surface area (Å²) >= 11 is 0. The summed E-state index contributed by atoms with van der Waals surface area (Å²) in [6.45, 7) is -0.412. The van der Waals surface area contributed by atoms with Gasteiger partial charge < -0.3 is 19.3 Å². The number of ether oxygens (including phenoxy) is 2. The number of hydrogen-bond acceptors (Lipinski definition) is 3. The maximum atomic E-state index is 12.7. The molecule has 1 amide bonds. The number of rotatable bonds is 8. The molecular formula is C23H27F2N2O3+. The summed E-state index contributed by atoms with van der Waals surface area (Å²) in [4.78, 5) is 15.5. The number of hydrogen-bond donors (Lipinski definition) is 1. The van der Waals surface area contributed by atoms with Gasteiger partial charge in [-0.05, 0) is 34.9 Å². The molecule has 1 heterocycles. The lowest BCUT2D eigenvalue weighted by atomic mass is 9.99. The molecule has 0 bridgehead atoms. The number of benzene rings is 2. The lowest BCUT2D eigenvalue weighted by Gasteiger charge is -2.25. The molecule has 0 spiro atoms. The molecule has 7 heteroatoms. The fourth-order valence-electron chi connectivity index (χ4n) is 3.57. The van der Waals surface area contributed by atoms with Crippen molar-refractivity contribution in [3.05, 3.63) is 65.7 Å². The van der Waals surface area contributed by atoms with Crippen LogP contribution in [0.3, 0.4) is 0 Å². The van der Waals surface area contributed by atoms with Crippen LogP contribution in [-0.2, 0) is 11.3 Å². The molecule has 0 saturated heterocycles. The van der Waals surface area contributed by atoms with Crippen LogP contribution in [0.15, 0.2) is 54.6 Å². The Morgan fingerprint density at radius 2 is 1.93 bits per heavy atom. The van der Waals surface area contributed by atoms with Gasteiger partial charge in [0, 0.05) is 20.0 Å². The summed E-state index contributed by atoms with van der Waals surface area (Å²) in [7, 11) is 3.14. The standard InChI is InChI=1S/C23H26F2N2O3/c1-26(15-17-8-9-20(30-23(24)25)21(14-17)29-2)22(28)16-27-12-10-19(11-13-27)18-6-4-3-5-7-18/h3-10,14,23H,11-13,15-16H2,1-2H3/p+1. The summed E-state index contributed by atoms with van der Waals surface area (Å²) < 4.78 is 34.5. The van der Waals surface area contributed by atoms with Gasteiger partial charge in [-0.3, -0.25) is 4.79 Å². The van der Waals surface area contributed by atoms with Crippen molar-refractivity contribution in [2.24, 2.45) is 0 Å². The summed E-state index contributed by atoms with van der Waals surface area (Å²) in [6.07, 6.45) is 3.16. The molecule has 1 atom stereocenters. The largest absolute Gasteiger partial charge is 0.493 e. The highest BCUT2D eigenvalue weighted by molar-refractivity contribution is 5.77. The van der Waals surface area contributed by atoms with Crippen molar-refractivity contribution in [3.63, 3.8) is 0 Å². The van der Waals surface area contributed by atoms with Crippen LogP contribution >= 0.6 is 0 Å². The SMILES string of the molecule is COc1cc(CN(C)C(=O)C[NH+]2CC=C(c3ccccc3)CC2)ccc1OC(F)F. The molecule has 0 radical (unpaired) electrons. The number of alkyl halides is 2.